The number of hydrogen-bond acceptors (Lipinski definition) is 4. The third-order valence-electron chi connectivity index (χ3n) is 5.52. The van der Waals surface area contributed by atoms with Gasteiger partial charge in [-0.05, 0) is 69.5 Å². The molecule has 0 aliphatic rings. The second-order valence-corrected chi connectivity index (χ2v) is 11.1. The summed E-state index contributed by atoms with van der Waals surface area (Å²) in [4.78, 5) is 27.3. The molecule has 0 spiro atoms. The maximum absolute atomic E-state index is 13.3. The lowest BCUT2D eigenvalue weighted by Gasteiger charge is -2.30. The first-order valence-electron chi connectivity index (χ1n) is 11.4. The lowest BCUT2D eigenvalue weighted by Crippen LogP contribution is -2.49. The summed E-state index contributed by atoms with van der Waals surface area (Å²) in [5.74, 6) is -1.01. The van der Waals surface area contributed by atoms with Crippen LogP contribution in [0.15, 0.2) is 42.5 Å². The number of carbonyl (C=O) groups excluding carboxylic acids is 2. The molecule has 2 aromatic carbocycles. The Morgan fingerprint density at radius 1 is 1.09 bits per heavy atom. The van der Waals surface area contributed by atoms with Gasteiger partial charge >= 0.3 is 0 Å². The quantitative estimate of drug-likeness (QED) is 0.474. The van der Waals surface area contributed by atoms with Crippen LogP contribution < -0.4 is 9.62 Å². The molecule has 35 heavy (non-hydrogen) atoms. The third kappa shape index (κ3) is 8.21. The Balaban J connectivity index is 2.20. The number of rotatable bonds is 11. The van der Waals surface area contributed by atoms with Gasteiger partial charge in [0.1, 0.15) is 11.9 Å². The molecule has 0 heterocycles. The number of carbonyl (C=O) groups is 2. The van der Waals surface area contributed by atoms with Crippen molar-refractivity contribution in [2.75, 3.05) is 17.1 Å². The molecule has 192 valence electrons. The molecule has 0 fully saturated rings. The highest BCUT2D eigenvalue weighted by Crippen LogP contribution is 2.28. The van der Waals surface area contributed by atoms with Crippen molar-refractivity contribution in [1.82, 2.24) is 10.2 Å². The van der Waals surface area contributed by atoms with Gasteiger partial charge in [0.2, 0.25) is 21.8 Å². The summed E-state index contributed by atoms with van der Waals surface area (Å²) in [5, 5.41) is 3.25. The van der Waals surface area contributed by atoms with Crippen molar-refractivity contribution in [2.45, 2.75) is 59.2 Å². The van der Waals surface area contributed by atoms with Crippen molar-refractivity contribution >= 4 is 39.1 Å². The third-order valence-corrected chi connectivity index (χ3v) is 7.11. The maximum atomic E-state index is 13.3. The molecule has 0 aliphatic carbocycles. The Bertz CT molecular complexity index is 1140. The lowest BCUT2D eigenvalue weighted by molar-refractivity contribution is -0.140. The number of amides is 2. The van der Waals surface area contributed by atoms with Crippen molar-refractivity contribution < 1.29 is 22.4 Å². The summed E-state index contributed by atoms with van der Waals surface area (Å²) in [7, 11) is -3.62. The van der Waals surface area contributed by atoms with Gasteiger partial charge in [0.15, 0.2) is 0 Å². The summed E-state index contributed by atoms with van der Waals surface area (Å²) in [6.45, 7) is 7.22. The molecular formula is C25H33ClFN3O4S. The fourth-order valence-corrected chi connectivity index (χ4v) is 4.81. The topological polar surface area (TPSA) is 86.8 Å². The standard InChI is InChI=1S/C25H33ClFN3O4S/c1-17(2)28-25(32)19(4)29(16-20-11-13-21(27)14-12-20)24(31)10-7-15-30(35(5,33)34)23-9-6-8-22(26)18(23)3/h6,8-9,11-14,17,19H,7,10,15-16H2,1-5H3,(H,28,32)/t19-/m0/s1. The first-order valence-corrected chi connectivity index (χ1v) is 13.6. The van der Waals surface area contributed by atoms with Gasteiger partial charge in [-0.15, -0.1) is 0 Å². The number of hydrogen-bond donors (Lipinski definition) is 1. The molecule has 1 N–H and O–H groups in total. The van der Waals surface area contributed by atoms with Crippen LogP contribution in [0.3, 0.4) is 0 Å². The largest absolute Gasteiger partial charge is 0.352 e. The summed E-state index contributed by atoms with van der Waals surface area (Å²) in [6.07, 6.45) is 1.36. The maximum Gasteiger partial charge on any atom is 0.242 e. The number of halogens is 2. The molecule has 0 unspecified atom stereocenters. The molecule has 0 aliphatic heterocycles. The van der Waals surface area contributed by atoms with Crippen molar-refractivity contribution in [3.8, 4) is 0 Å². The number of nitrogens with zero attached hydrogens (tertiary/aromatic N) is 2. The van der Waals surface area contributed by atoms with Gasteiger partial charge in [0, 0.05) is 30.6 Å². The highest BCUT2D eigenvalue weighted by molar-refractivity contribution is 7.92. The minimum absolute atomic E-state index is 0.0200. The van der Waals surface area contributed by atoms with E-state index in [1.165, 1.54) is 21.3 Å². The minimum atomic E-state index is -3.62. The molecule has 2 amide bonds. The number of sulfonamides is 1. The van der Waals surface area contributed by atoms with E-state index in [1.54, 1.807) is 44.2 Å². The summed E-state index contributed by atoms with van der Waals surface area (Å²) >= 11 is 6.18. The zero-order valence-electron chi connectivity index (χ0n) is 20.7. The average Bonchev–Trinajstić information content (AvgIpc) is 2.76. The summed E-state index contributed by atoms with van der Waals surface area (Å²) < 4.78 is 39.5. The van der Waals surface area contributed by atoms with Gasteiger partial charge in [-0.3, -0.25) is 13.9 Å². The second kappa shape index (κ2) is 12.4. The van der Waals surface area contributed by atoms with Gasteiger partial charge in [0.25, 0.3) is 0 Å². The number of benzene rings is 2. The van der Waals surface area contributed by atoms with Gasteiger partial charge in [-0.2, -0.15) is 0 Å². The number of nitrogens with one attached hydrogen (secondary N) is 1. The molecule has 1 atom stereocenters. The van der Waals surface area contributed by atoms with Gasteiger partial charge in [0.05, 0.1) is 11.9 Å². The smallest absolute Gasteiger partial charge is 0.242 e. The molecule has 2 aromatic rings. The van der Waals surface area contributed by atoms with Gasteiger partial charge in [-0.1, -0.05) is 29.8 Å². The van der Waals surface area contributed by atoms with E-state index >= 15 is 0 Å². The minimum Gasteiger partial charge on any atom is -0.352 e. The van der Waals surface area contributed by atoms with Gasteiger partial charge < -0.3 is 10.2 Å². The van der Waals surface area contributed by atoms with E-state index in [9.17, 15) is 22.4 Å². The van der Waals surface area contributed by atoms with Crippen molar-refractivity contribution in [1.29, 1.82) is 0 Å². The van der Waals surface area contributed by atoms with Crippen LogP contribution in [0.5, 0.6) is 0 Å². The predicted octanol–water partition coefficient (Wildman–Crippen LogP) is 4.28. The summed E-state index contributed by atoms with van der Waals surface area (Å²) in [6, 6.07) is 9.89. The monoisotopic (exact) mass is 525 g/mol. The SMILES string of the molecule is Cc1c(Cl)cccc1N(CCCC(=O)N(Cc1ccc(F)cc1)[C@@H](C)C(=O)NC(C)C)S(C)(=O)=O. The highest BCUT2D eigenvalue weighted by Gasteiger charge is 2.27. The van der Waals surface area contributed by atoms with Crippen molar-refractivity contribution in [2.24, 2.45) is 0 Å². The van der Waals surface area contributed by atoms with Crippen LogP contribution in [0.2, 0.25) is 5.02 Å². The molecule has 7 nitrogen and oxygen atoms in total. The number of anilines is 1. The molecule has 0 saturated heterocycles. The molecule has 0 saturated carbocycles. The van der Waals surface area contributed by atoms with E-state index in [1.807, 2.05) is 13.8 Å². The van der Waals surface area contributed by atoms with E-state index in [0.29, 0.717) is 21.8 Å². The van der Waals surface area contributed by atoms with Crippen LogP contribution in [0.25, 0.3) is 0 Å². The molecule has 0 radical (unpaired) electrons. The van der Waals surface area contributed by atoms with Crippen LogP contribution in [0.4, 0.5) is 10.1 Å². The Morgan fingerprint density at radius 2 is 1.71 bits per heavy atom. The first-order chi connectivity index (χ1) is 16.3. The average molecular weight is 526 g/mol. The van der Waals surface area contributed by atoms with Crippen molar-refractivity contribution in [3.63, 3.8) is 0 Å². The van der Waals surface area contributed by atoms with E-state index in [0.717, 1.165) is 6.26 Å². The molecule has 10 heteroatoms. The molecular weight excluding hydrogens is 493 g/mol. The highest BCUT2D eigenvalue weighted by atomic mass is 35.5. The van der Waals surface area contributed by atoms with Crippen LogP contribution in [0, 0.1) is 12.7 Å². The normalized spacial score (nSPS) is 12.3. The lowest BCUT2D eigenvalue weighted by atomic mass is 10.1. The fourth-order valence-electron chi connectivity index (χ4n) is 3.62. The summed E-state index contributed by atoms with van der Waals surface area (Å²) in [5.41, 5.74) is 1.76. The van der Waals surface area contributed by atoms with Crippen LogP contribution in [-0.4, -0.2) is 50.0 Å². The molecule has 2 rings (SSSR count). The van der Waals surface area contributed by atoms with E-state index in [-0.39, 0.29) is 43.8 Å². The predicted molar refractivity (Wildman–Crippen MR) is 137 cm³/mol. The Morgan fingerprint density at radius 3 is 2.29 bits per heavy atom. The molecule has 0 bridgehead atoms. The van der Waals surface area contributed by atoms with Gasteiger partial charge in [-0.25, -0.2) is 12.8 Å². The van der Waals surface area contributed by atoms with Crippen molar-refractivity contribution in [3.05, 3.63) is 64.4 Å². The van der Waals surface area contributed by atoms with Crippen LogP contribution >= 0.6 is 11.6 Å². The fraction of sp³-hybridized carbons (Fsp3) is 0.440. The Hall–Kier alpha value is -2.65. The zero-order valence-corrected chi connectivity index (χ0v) is 22.3. The second-order valence-electron chi connectivity index (χ2n) is 8.81. The van der Waals surface area contributed by atoms with E-state index in [2.05, 4.69) is 5.32 Å². The Kier molecular flexibility index (Phi) is 10.1. The van der Waals surface area contributed by atoms with Crippen LogP contribution in [0.1, 0.15) is 44.7 Å². The van der Waals surface area contributed by atoms with E-state index in [4.69, 9.17) is 11.6 Å². The van der Waals surface area contributed by atoms with Crippen LogP contribution in [-0.2, 0) is 26.2 Å². The Labute approximate surface area is 212 Å². The first kappa shape index (κ1) is 28.6. The zero-order chi connectivity index (χ0) is 26.3. The molecule has 0 aromatic heterocycles. The van der Waals surface area contributed by atoms with E-state index < -0.39 is 21.9 Å².